The zero-order chi connectivity index (χ0) is 18.7. The average molecular weight is 394 g/mol. The molecule has 0 saturated carbocycles. The minimum Gasteiger partial charge on any atom is -0.493 e. The molecule has 1 aliphatic heterocycles. The quantitative estimate of drug-likeness (QED) is 0.518. The van der Waals surface area contributed by atoms with Crippen LogP contribution < -0.4 is 9.47 Å². The number of carbonyl (C=O) groups excluding carboxylic acids is 1. The molecule has 136 valence electrons. The van der Waals surface area contributed by atoms with E-state index in [1.54, 1.807) is 31.2 Å². The van der Waals surface area contributed by atoms with Crippen LogP contribution in [0.2, 0.25) is 10.0 Å². The number of benzene rings is 2. The van der Waals surface area contributed by atoms with E-state index in [4.69, 9.17) is 37.5 Å². The molecule has 2 aromatic rings. The van der Waals surface area contributed by atoms with Gasteiger partial charge in [-0.15, -0.1) is 0 Å². The number of hydrogen-bond acceptors (Lipinski definition) is 5. The van der Waals surface area contributed by atoms with Gasteiger partial charge in [0.15, 0.2) is 17.6 Å². The number of carbonyl (C=O) groups is 1. The molecule has 26 heavy (non-hydrogen) atoms. The lowest BCUT2D eigenvalue weighted by Crippen LogP contribution is -2.07. The Bertz CT molecular complexity index is 867. The highest BCUT2D eigenvalue weighted by Gasteiger charge is 2.26. The summed E-state index contributed by atoms with van der Waals surface area (Å²) >= 11 is 12.2. The molecule has 5 nitrogen and oxygen atoms in total. The van der Waals surface area contributed by atoms with Gasteiger partial charge in [-0.2, -0.15) is 0 Å². The predicted octanol–water partition coefficient (Wildman–Crippen LogP) is 5.18. The monoisotopic (exact) mass is 393 g/mol. The molecule has 7 heteroatoms. The second-order valence-electron chi connectivity index (χ2n) is 5.70. The summed E-state index contributed by atoms with van der Waals surface area (Å²) in [5, 5.41) is 5.25. The van der Waals surface area contributed by atoms with E-state index in [0.717, 1.165) is 16.8 Å². The van der Waals surface area contributed by atoms with Crippen molar-refractivity contribution in [1.82, 2.24) is 0 Å². The maximum absolute atomic E-state index is 11.5. The number of halogens is 2. The summed E-state index contributed by atoms with van der Waals surface area (Å²) in [4.78, 5) is 17.1. The minimum atomic E-state index is -0.323. The Morgan fingerprint density at radius 1 is 1.23 bits per heavy atom. The zero-order valence-corrected chi connectivity index (χ0v) is 15.8. The van der Waals surface area contributed by atoms with Crippen LogP contribution in [-0.2, 0) is 9.63 Å². The zero-order valence-electron chi connectivity index (χ0n) is 14.3. The molecule has 1 aliphatic rings. The van der Waals surface area contributed by atoms with Gasteiger partial charge >= 0.3 is 5.97 Å². The van der Waals surface area contributed by atoms with Gasteiger partial charge < -0.3 is 14.3 Å². The molecule has 1 heterocycles. The maximum Gasteiger partial charge on any atom is 0.311 e. The SMILES string of the molecule is CCC(=O)Oc1ccc(C2CC(c3ccc(Cl)cc3Cl)=NO2)cc1OC. The van der Waals surface area contributed by atoms with E-state index in [1.165, 1.54) is 7.11 Å². The van der Waals surface area contributed by atoms with E-state index in [1.807, 2.05) is 12.1 Å². The van der Waals surface area contributed by atoms with Gasteiger partial charge in [-0.1, -0.05) is 47.4 Å². The molecule has 3 rings (SSSR count). The van der Waals surface area contributed by atoms with Crippen molar-refractivity contribution in [2.75, 3.05) is 7.11 Å². The van der Waals surface area contributed by atoms with Crippen LogP contribution in [0.25, 0.3) is 0 Å². The van der Waals surface area contributed by atoms with Crippen LogP contribution in [0.15, 0.2) is 41.6 Å². The molecular weight excluding hydrogens is 377 g/mol. The highest BCUT2D eigenvalue weighted by molar-refractivity contribution is 6.37. The molecule has 0 radical (unpaired) electrons. The van der Waals surface area contributed by atoms with E-state index in [-0.39, 0.29) is 18.5 Å². The number of esters is 1. The summed E-state index contributed by atoms with van der Waals surface area (Å²) in [6.45, 7) is 1.73. The van der Waals surface area contributed by atoms with Gasteiger partial charge in [0.25, 0.3) is 0 Å². The summed E-state index contributed by atoms with van der Waals surface area (Å²) in [5.74, 6) is 0.519. The Balaban J connectivity index is 1.78. The fraction of sp³-hybridized carbons (Fsp3) is 0.263. The maximum atomic E-state index is 11.5. The van der Waals surface area contributed by atoms with Crippen molar-refractivity contribution in [3.05, 3.63) is 57.6 Å². The molecule has 2 aromatic carbocycles. The van der Waals surface area contributed by atoms with Gasteiger partial charge in [0.2, 0.25) is 0 Å². The Labute approximate surface area is 161 Å². The third kappa shape index (κ3) is 3.94. The van der Waals surface area contributed by atoms with Gasteiger partial charge in [0.1, 0.15) is 0 Å². The van der Waals surface area contributed by atoms with E-state index < -0.39 is 0 Å². The van der Waals surface area contributed by atoms with Crippen molar-refractivity contribution in [3.8, 4) is 11.5 Å². The number of hydrogen-bond donors (Lipinski definition) is 0. The Morgan fingerprint density at radius 3 is 2.73 bits per heavy atom. The molecule has 0 fully saturated rings. The number of rotatable bonds is 5. The van der Waals surface area contributed by atoms with Crippen LogP contribution in [-0.4, -0.2) is 18.8 Å². The summed E-state index contributed by atoms with van der Waals surface area (Å²) < 4.78 is 10.6. The second-order valence-corrected chi connectivity index (χ2v) is 6.54. The second kappa shape index (κ2) is 7.98. The molecule has 0 saturated heterocycles. The highest BCUT2D eigenvalue weighted by Crippen LogP contribution is 2.36. The van der Waals surface area contributed by atoms with Crippen LogP contribution in [0.1, 0.15) is 37.0 Å². The Morgan fingerprint density at radius 2 is 2.04 bits per heavy atom. The summed E-state index contributed by atoms with van der Waals surface area (Å²) in [6, 6.07) is 10.6. The standard InChI is InChI=1S/C19H17Cl2NO4/c1-3-19(23)25-16-7-4-11(8-18(16)24-2)17-10-15(22-26-17)13-6-5-12(20)9-14(13)21/h4-9,17H,3,10H2,1-2H3. The lowest BCUT2D eigenvalue weighted by molar-refractivity contribution is -0.134. The van der Waals surface area contributed by atoms with Gasteiger partial charge in [-0.05, 0) is 29.8 Å². The van der Waals surface area contributed by atoms with Crippen LogP contribution in [0.5, 0.6) is 11.5 Å². The Kier molecular flexibility index (Phi) is 5.69. The summed E-state index contributed by atoms with van der Waals surface area (Å²) in [6.07, 6.45) is 0.565. The fourth-order valence-electron chi connectivity index (χ4n) is 2.60. The number of nitrogens with zero attached hydrogens (tertiary/aromatic N) is 1. The molecule has 0 aromatic heterocycles. The topological polar surface area (TPSA) is 57.1 Å². The summed E-state index contributed by atoms with van der Waals surface area (Å²) in [7, 11) is 1.52. The average Bonchev–Trinajstić information content (AvgIpc) is 3.11. The van der Waals surface area contributed by atoms with Gasteiger partial charge in [-0.25, -0.2) is 0 Å². The molecular formula is C19H17Cl2NO4. The van der Waals surface area contributed by atoms with Gasteiger partial charge in [0.05, 0.1) is 17.8 Å². The van der Waals surface area contributed by atoms with Gasteiger partial charge in [0, 0.05) is 23.4 Å². The van der Waals surface area contributed by atoms with E-state index in [0.29, 0.717) is 28.0 Å². The van der Waals surface area contributed by atoms with Gasteiger partial charge in [-0.3, -0.25) is 4.79 Å². The van der Waals surface area contributed by atoms with Crippen molar-refractivity contribution >= 4 is 34.9 Å². The van der Waals surface area contributed by atoms with Crippen molar-refractivity contribution in [2.24, 2.45) is 5.16 Å². The minimum absolute atomic E-state index is 0.276. The fourth-order valence-corrected chi connectivity index (χ4v) is 3.12. The normalized spacial score (nSPS) is 16.0. The van der Waals surface area contributed by atoms with Crippen LogP contribution in [0.3, 0.4) is 0 Å². The van der Waals surface area contributed by atoms with Crippen LogP contribution in [0, 0.1) is 0 Å². The lowest BCUT2D eigenvalue weighted by Gasteiger charge is -2.13. The first-order valence-corrected chi connectivity index (χ1v) is 8.84. The van der Waals surface area contributed by atoms with Crippen molar-refractivity contribution < 1.29 is 19.1 Å². The third-order valence-corrected chi connectivity index (χ3v) is 4.53. The molecule has 0 bridgehead atoms. The first-order valence-electron chi connectivity index (χ1n) is 8.08. The lowest BCUT2D eigenvalue weighted by atomic mass is 10.00. The van der Waals surface area contributed by atoms with Crippen molar-refractivity contribution in [2.45, 2.75) is 25.9 Å². The Hall–Kier alpha value is -2.24. The largest absolute Gasteiger partial charge is 0.493 e. The number of methoxy groups -OCH3 is 1. The van der Waals surface area contributed by atoms with Crippen LogP contribution in [0.4, 0.5) is 0 Å². The number of ether oxygens (including phenoxy) is 2. The van der Waals surface area contributed by atoms with Crippen molar-refractivity contribution in [1.29, 1.82) is 0 Å². The van der Waals surface area contributed by atoms with E-state index in [9.17, 15) is 4.79 Å². The first-order chi connectivity index (χ1) is 12.5. The molecule has 0 spiro atoms. The molecule has 1 atom stereocenters. The third-order valence-electron chi connectivity index (χ3n) is 3.98. The predicted molar refractivity (Wildman–Crippen MR) is 100 cm³/mol. The molecule has 0 N–H and O–H groups in total. The smallest absolute Gasteiger partial charge is 0.311 e. The molecule has 1 unspecified atom stereocenters. The summed E-state index contributed by atoms with van der Waals surface area (Å²) in [5.41, 5.74) is 2.40. The van der Waals surface area contributed by atoms with Crippen molar-refractivity contribution in [3.63, 3.8) is 0 Å². The van der Waals surface area contributed by atoms with E-state index >= 15 is 0 Å². The van der Waals surface area contributed by atoms with Crippen LogP contribution >= 0.6 is 23.2 Å². The van der Waals surface area contributed by atoms with E-state index in [2.05, 4.69) is 5.16 Å². The highest BCUT2D eigenvalue weighted by atomic mass is 35.5. The molecule has 0 amide bonds. The number of oxime groups is 1. The first kappa shape index (κ1) is 18.5. The molecule has 0 aliphatic carbocycles.